The second-order valence-corrected chi connectivity index (χ2v) is 5.85. The highest BCUT2D eigenvalue weighted by atomic mass is 16.3. The molecular weight excluding hydrogens is 236 g/mol. The molecule has 3 heteroatoms. The van der Waals surface area contributed by atoms with Crippen LogP contribution >= 0.6 is 0 Å². The molecule has 0 saturated heterocycles. The summed E-state index contributed by atoms with van der Waals surface area (Å²) in [4.78, 5) is 4.41. The molecule has 0 bridgehead atoms. The van der Waals surface area contributed by atoms with E-state index in [1.165, 1.54) is 32.1 Å². The summed E-state index contributed by atoms with van der Waals surface area (Å²) in [6, 6.07) is 3.89. The first-order valence-electron chi connectivity index (χ1n) is 7.39. The van der Waals surface area contributed by atoms with Crippen molar-refractivity contribution in [1.82, 2.24) is 4.98 Å². The maximum absolute atomic E-state index is 5.39. The van der Waals surface area contributed by atoms with Crippen LogP contribution in [0.1, 0.15) is 39.0 Å². The van der Waals surface area contributed by atoms with Crippen LogP contribution in [-0.2, 0) is 0 Å². The van der Waals surface area contributed by atoms with E-state index in [1.54, 1.807) is 12.5 Å². The fourth-order valence-corrected chi connectivity index (χ4v) is 3.25. The average Bonchev–Trinajstić information content (AvgIpc) is 2.88. The Kier molecular flexibility index (Phi) is 3.72. The Bertz CT molecular complexity index is 534. The van der Waals surface area contributed by atoms with E-state index in [4.69, 9.17) is 4.42 Å². The molecule has 0 aliphatic heterocycles. The van der Waals surface area contributed by atoms with Crippen LogP contribution in [0.3, 0.4) is 0 Å². The molecule has 3 nitrogen and oxygen atoms in total. The van der Waals surface area contributed by atoms with E-state index >= 15 is 0 Å². The first kappa shape index (κ1) is 12.5. The minimum atomic E-state index is 0.889. The Morgan fingerprint density at radius 1 is 1.37 bits per heavy atom. The molecule has 2 aromatic heterocycles. The van der Waals surface area contributed by atoms with Gasteiger partial charge in [-0.05, 0) is 36.8 Å². The van der Waals surface area contributed by atoms with Gasteiger partial charge in [0.2, 0.25) is 0 Å². The van der Waals surface area contributed by atoms with Crippen molar-refractivity contribution >= 4 is 16.8 Å². The zero-order chi connectivity index (χ0) is 13.1. The number of anilines is 1. The van der Waals surface area contributed by atoms with Crippen molar-refractivity contribution < 1.29 is 4.42 Å². The van der Waals surface area contributed by atoms with Crippen LogP contribution in [0.25, 0.3) is 11.0 Å². The third-order valence-electron chi connectivity index (χ3n) is 4.27. The number of furan rings is 1. The predicted molar refractivity (Wildman–Crippen MR) is 78.2 cm³/mol. The average molecular weight is 258 g/mol. The lowest BCUT2D eigenvalue weighted by Crippen LogP contribution is -2.16. The van der Waals surface area contributed by atoms with Crippen molar-refractivity contribution in [3.8, 4) is 0 Å². The van der Waals surface area contributed by atoms with E-state index < -0.39 is 0 Å². The van der Waals surface area contributed by atoms with E-state index in [1.807, 2.05) is 12.1 Å². The first-order valence-corrected chi connectivity index (χ1v) is 7.39. The standard InChI is InChI=1S/C16H22N2O/c1-12-3-2-4-13(11-12)5-8-17-16-14-7-10-19-15(14)6-9-18-16/h6-7,9-10,12-13H,2-5,8,11H2,1H3,(H,17,18). The van der Waals surface area contributed by atoms with Crippen LogP contribution in [-0.4, -0.2) is 11.5 Å². The minimum absolute atomic E-state index is 0.889. The normalized spacial score (nSPS) is 23.6. The van der Waals surface area contributed by atoms with Gasteiger partial charge in [-0.15, -0.1) is 0 Å². The number of fused-ring (bicyclic) bond motifs is 1. The lowest BCUT2D eigenvalue weighted by molar-refractivity contribution is 0.274. The molecule has 1 N–H and O–H groups in total. The van der Waals surface area contributed by atoms with Gasteiger partial charge in [-0.25, -0.2) is 4.98 Å². The molecule has 1 aliphatic carbocycles. The van der Waals surface area contributed by atoms with Crippen molar-refractivity contribution in [1.29, 1.82) is 0 Å². The number of nitrogens with one attached hydrogen (secondary N) is 1. The molecule has 0 radical (unpaired) electrons. The SMILES string of the molecule is CC1CCCC(CCNc2nccc3occc23)C1. The summed E-state index contributed by atoms with van der Waals surface area (Å²) in [5, 5.41) is 4.55. The van der Waals surface area contributed by atoms with Crippen LogP contribution in [0.2, 0.25) is 0 Å². The van der Waals surface area contributed by atoms with E-state index in [-0.39, 0.29) is 0 Å². The van der Waals surface area contributed by atoms with E-state index in [0.29, 0.717) is 0 Å². The number of nitrogens with zero attached hydrogens (tertiary/aromatic N) is 1. The van der Waals surface area contributed by atoms with E-state index in [2.05, 4.69) is 17.2 Å². The largest absolute Gasteiger partial charge is 0.464 e. The highest BCUT2D eigenvalue weighted by Gasteiger charge is 2.18. The Labute approximate surface area is 114 Å². The van der Waals surface area contributed by atoms with Crippen molar-refractivity contribution in [3.63, 3.8) is 0 Å². The Morgan fingerprint density at radius 2 is 2.32 bits per heavy atom. The summed E-state index contributed by atoms with van der Waals surface area (Å²) in [6.07, 6.45) is 10.4. The first-order chi connectivity index (χ1) is 9.33. The van der Waals surface area contributed by atoms with Crippen LogP contribution in [0.15, 0.2) is 29.0 Å². The molecule has 1 aliphatic rings. The molecule has 0 amide bonds. The van der Waals surface area contributed by atoms with Crippen molar-refractivity contribution in [2.75, 3.05) is 11.9 Å². The minimum Gasteiger partial charge on any atom is -0.464 e. The van der Waals surface area contributed by atoms with Crippen LogP contribution in [0.4, 0.5) is 5.82 Å². The van der Waals surface area contributed by atoms with Crippen LogP contribution in [0.5, 0.6) is 0 Å². The summed E-state index contributed by atoms with van der Waals surface area (Å²) in [6.45, 7) is 3.39. The van der Waals surface area contributed by atoms with Gasteiger partial charge >= 0.3 is 0 Å². The van der Waals surface area contributed by atoms with Gasteiger partial charge in [0.15, 0.2) is 0 Å². The lowest BCUT2D eigenvalue weighted by atomic mass is 9.81. The summed E-state index contributed by atoms with van der Waals surface area (Å²) >= 11 is 0. The van der Waals surface area contributed by atoms with Crippen molar-refractivity contribution in [3.05, 3.63) is 24.6 Å². The molecule has 1 saturated carbocycles. The monoisotopic (exact) mass is 258 g/mol. The van der Waals surface area contributed by atoms with Crippen LogP contribution < -0.4 is 5.32 Å². The molecule has 0 aromatic carbocycles. The smallest absolute Gasteiger partial charge is 0.139 e. The molecular formula is C16H22N2O. The van der Waals surface area contributed by atoms with E-state index in [0.717, 1.165) is 35.2 Å². The second kappa shape index (κ2) is 5.64. The van der Waals surface area contributed by atoms with Gasteiger partial charge in [0.05, 0.1) is 11.6 Å². The maximum atomic E-state index is 5.39. The fourth-order valence-electron chi connectivity index (χ4n) is 3.25. The predicted octanol–water partition coefficient (Wildman–Crippen LogP) is 4.46. The number of rotatable bonds is 4. The zero-order valence-electron chi connectivity index (χ0n) is 11.6. The zero-order valence-corrected chi connectivity index (χ0v) is 11.6. The van der Waals surface area contributed by atoms with E-state index in [9.17, 15) is 0 Å². The molecule has 0 spiro atoms. The van der Waals surface area contributed by atoms with Gasteiger partial charge in [-0.1, -0.05) is 26.2 Å². The highest BCUT2D eigenvalue weighted by Crippen LogP contribution is 2.30. The molecule has 2 heterocycles. The molecule has 2 unspecified atom stereocenters. The van der Waals surface area contributed by atoms with Gasteiger partial charge in [-0.3, -0.25) is 0 Å². The topological polar surface area (TPSA) is 38.1 Å². The van der Waals surface area contributed by atoms with Gasteiger partial charge < -0.3 is 9.73 Å². The molecule has 1 fully saturated rings. The van der Waals surface area contributed by atoms with Gasteiger partial charge in [-0.2, -0.15) is 0 Å². The third kappa shape index (κ3) is 2.91. The van der Waals surface area contributed by atoms with Gasteiger partial charge in [0, 0.05) is 12.7 Å². The maximum Gasteiger partial charge on any atom is 0.139 e. The molecule has 19 heavy (non-hydrogen) atoms. The van der Waals surface area contributed by atoms with Crippen LogP contribution in [0, 0.1) is 11.8 Å². The molecule has 102 valence electrons. The number of hydrogen-bond donors (Lipinski definition) is 1. The molecule has 2 aromatic rings. The number of hydrogen-bond acceptors (Lipinski definition) is 3. The Hall–Kier alpha value is -1.51. The van der Waals surface area contributed by atoms with Crippen molar-refractivity contribution in [2.45, 2.75) is 39.0 Å². The highest BCUT2D eigenvalue weighted by molar-refractivity contribution is 5.87. The number of pyridine rings is 1. The fraction of sp³-hybridized carbons (Fsp3) is 0.562. The Balaban J connectivity index is 1.56. The Morgan fingerprint density at radius 3 is 3.21 bits per heavy atom. The third-order valence-corrected chi connectivity index (χ3v) is 4.27. The summed E-state index contributed by atoms with van der Waals surface area (Å²) < 4.78 is 5.39. The van der Waals surface area contributed by atoms with Gasteiger partial charge in [0.1, 0.15) is 11.4 Å². The summed E-state index contributed by atoms with van der Waals surface area (Å²) in [7, 11) is 0. The van der Waals surface area contributed by atoms with Crippen molar-refractivity contribution in [2.24, 2.45) is 11.8 Å². The lowest BCUT2D eigenvalue weighted by Gasteiger charge is -2.26. The summed E-state index contributed by atoms with van der Waals surface area (Å²) in [5.74, 6) is 2.75. The quantitative estimate of drug-likeness (QED) is 0.880. The second-order valence-electron chi connectivity index (χ2n) is 5.85. The molecule has 2 atom stereocenters. The summed E-state index contributed by atoms with van der Waals surface area (Å²) in [5.41, 5.74) is 0.906. The number of aromatic nitrogens is 1. The van der Waals surface area contributed by atoms with Gasteiger partial charge in [0.25, 0.3) is 0 Å². The molecule has 3 rings (SSSR count).